The Labute approximate surface area is 103 Å². The quantitative estimate of drug-likeness (QED) is 0.445. The highest BCUT2D eigenvalue weighted by Crippen LogP contribution is 2.10. The smallest absolute Gasteiger partial charge is 0.306 e. The normalized spacial score (nSPS) is 10.0. The van der Waals surface area contributed by atoms with Crippen LogP contribution in [0.5, 0.6) is 0 Å². The van der Waals surface area contributed by atoms with E-state index in [9.17, 15) is 14.0 Å². The van der Waals surface area contributed by atoms with Crippen molar-refractivity contribution < 1.29 is 18.7 Å². The Bertz CT molecular complexity index is 406. The summed E-state index contributed by atoms with van der Waals surface area (Å²) in [7, 11) is 1.32. The molecule has 0 spiro atoms. The molecule has 1 aromatic carbocycles. The highest BCUT2D eigenvalue weighted by Gasteiger charge is 2.07. The Kier molecular flexibility index (Phi) is 5.69. The van der Waals surface area contributed by atoms with Gasteiger partial charge >= 0.3 is 5.97 Å². The van der Waals surface area contributed by atoms with E-state index in [0.29, 0.717) is 11.3 Å². The molecule has 0 saturated carbocycles. The summed E-state index contributed by atoms with van der Waals surface area (Å²) in [5, 5.41) is 0. The van der Waals surface area contributed by atoms with Gasteiger partial charge in [-0.25, -0.2) is 4.39 Å². The average Bonchev–Trinajstić information content (AvgIpc) is 2.34. The number of ether oxygens (including phenoxy) is 1. The van der Waals surface area contributed by atoms with Crippen molar-refractivity contribution in [1.82, 2.24) is 0 Å². The summed E-state index contributed by atoms with van der Waals surface area (Å²) in [6.45, 7) is 0. The number of carbonyl (C=O) groups excluding carboxylic acids is 2. The fourth-order valence-electron chi connectivity index (χ4n) is 1.17. The molecule has 0 radical (unpaired) electrons. The molecule has 0 aromatic heterocycles. The molecule has 0 amide bonds. The van der Waals surface area contributed by atoms with Crippen molar-refractivity contribution >= 4 is 23.5 Å². The number of esters is 1. The van der Waals surface area contributed by atoms with Crippen LogP contribution in [0.3, 0.4) is 0 Å². The number of halogens is 1. The zero-order valence-electron chi connectivity index (χ0n) is 9.44. The van der Waals surface area contributed by atoms with Crippen molar-refractivity contribution in [2.75, 3.05) is 18.6 Å². The number of methoxy groups -OCH3 is 1. The lowest BCUT2D eigenvalue weighted by atomic mass is 10.1. The first-order valence-electron chi connectivity index (χ1n) is 5.07. The molecule has 92 valence electrons. The number of carbonyl (C=O) groups is 2. The molecule has 5 heteroatoms. The van der Waals surface area contributed by atoms with E-state index in [1.807, 2.05) is 0 Å². The molecule has 0 unspecified atom stereocenters. The van der Waals surface area contributed by atoms with Gasteiger partial charge in [0.05, 0.1) is 19.3 Å². The Morgan fingerprint density at radius 3 is 2.82 bits per heavy atom. The van der Waals surface area contributed by atoms with Crippen molar-refractivity contribution in [3.05, 3.63) is 35.6 Å². The van der Waals surface area contributed by atoms with Gasteiger partial charge in [-0.2, -0.15) is 11.8 Å². The van der Waals surface area contributed by atoms with Gasteiger partial charge in [0.2, 0.25) is 0 Å². The Morgan fingerprint density at radius 2 is 2.18 bits per heavy atom. The van der Waals surface area contributed by atoms with Gasteiger partial charge in [-0.15, -0.1) is 0 Å². The molecule has 0 heterocycles. The minimum Gasteiger partial charge on any atom is -0.469 e. The van der Waals surface area contributed by atoms with E-state index in [4.69, 9.17) is 0 Å². The number of thioether (sulfide) groups is 1. The number of benzene rings is 1. The first-order valence-corrected chi connectivity index (χ1v) is 6.22. The number of ketones is 1. The first kappa shape index (κ1) is 13.7. The topological polar surface area (TPSA) is 43.4 Å². The predicted molar refractivity (Wildman–Crippen MR) is 64.7 cm³/mol. The van der Waals surface area contributed by atoms with Crippen LogP contribution in [0.15, 0.2) is 24.3 Å². The lowest BCUT2D eigenvalue weighted by molar-refractivity contribution is -0.140. The van der Waals surface area contributed by atoms with Gasteiger partial charge < -0.3 is 4.74 Å². The molecular weight excluding hydrogens is 243 g/mol. The minimum absolute atomic E-state index is 0.139. The number of hydrogen-bond donors (Lipinski definition) is 0. The van der Waals surface area contributed by atoms with E-state index in [0.717, 1.165) is 0 Å². The number of rotatable bonds is 6. The molecular formula is C12H13FO3S. The van der Waals surface area contributed by atoms with Crippen LogP contribution in [0.4, 0.5) is 4.39 Å². The van der Waals surface area contributed by atoms with Gasteiger partial charge in [-0.05, 0) is 12.1 Å². The minimum atomic E-state index is -0.421. The second-order valence-corrected chi connectivity index (χ2v) is 4.42. The third-order valence-electron chi connectivity index (χ3n) is 2.06. The van der Waals surface area contributed by atoms with Crippen molar-refractivity contribution in [1.29, 1.82) is 0 Å². The summed E-state index contributed by atoms with van der Waals surface area (Å²) in [5.74, 6) is -0.0979. The maximum Gasteiger partial charge on any atom is 0.306 e. The highest BCUT2D eigenvalue weighted by atomic mass is 32.2. The largest absolute Gasteiger partial charge is 0.469 e. The van der Waals surface area contributed by atoms with Gasteiger partial charge in [0, 0.05) is 11.3 Å². The van der Waals surface area contributed by atoms with Crippen LogP contribution in [0, 0.1) is 5.82 Å². The van der Waals surface area contributed by atoms with E-state index >= 15 is 0 Å². The van der Waals surface area contributed by atoms with Crippen LogP contribution in [-0.2, 0) is 9.53 Å². The molecule has 0 aliphatic rings. The van der Waals surface area contributed by atoms with Crippen LogP contribution in [0.1, 0.15) is 16.8 Å². The van der Waals surface area contributed by atoms with Gasteiger partial charge in [0.15, 0.2) is 5.78 Å². The third-order valence-corrected chi connectivity index (χ3v) is 3.02. The summed E-state index contributed by atoms with van der Waals surface area (Å²) in [6, 6.07) is 5.58. The SMILES string of the molecule is COC(=O)CCSCC(=O)c1cccc(F)c1. The van der Waals surface area contributed by atoms with E-state index in [1.54, 1.807) is 6.07 Å². The molecule has 17 heavy (non-hydrogen) atoms. The van der Waals surface area contributed by atoms with Crippen molar-refractivity contribution in [3.8, 4) is 0 Å². The zero-order valence-corrected chi connectivity index (χ0v) is 10.3. The summed E-state index contributed by atoms with van der Waals surface area (Å²) in [5.41, 5.74) is 0.357. The maximum atomic E-state index is 12.8. The van der Waals surface area contributed by atoms with E-state index in [-0.39, 0.29) is 23.9 Å². The predicted octanol–water partition coefficient (Wildman–Crippen LogP) is 2.30. The molecule has 0 N–H and O–H groups in total. The molecule has 1 aromatic rings. The monoisotopic (exact) mass is 256 g/mol. The fourth-order valence-corrected chi connectivity index (χ4v) is 1.98. The number of Topliss-reactive ketones (excluding diaryl/α,β-unsaturated/α-hetero) is 1. The second kappa shape index (κ2) is 7.06. The lowest BCUT2D eigenvalue weighted by Gasteiger charge is -2.01. The molecule has 0 aliphatic carbocycles. The van der Waals surface area contributed by atoms with E-state index in [2.05, 4.69) is 4.74 Å². The molecule has 0 bridgehead atoms. The fraction of sp³-hybridized carbons (Fsp3) is 0.333. The maximum absolute atomic E-state index is 12.8. The van der Waals surface area contributed by atoms with Gasteiger partial charge in [0.1, 0.15) is 5.82 Å². The summed E-state index contributed by atoms with van der Waals surface area (Å²) >= 11 is 1.33. The van der Waals surface area contributed by atoms with Crippen LogP contribution < -0.4 is 0 Å². The molecule has 0 aliphatic heterocycles. The third kappa shape index (κ3) is 4.99. The standard InChI is InChI=1S/C12H13FO3S/c1-16-12(15)5-6-17-8-11(14)9-3-2-4-10(13)7-9/h2-4,7H,5-6,8H2,1H3. The Balaban J connectivity index is 2.33. The van der Waals surface area contributed by atoms with Gasteiger partial charge in [-0.1, -0.05) is 12.1 Å². The van der Waals surface area contributed by atoms with Crippen LogP contribution in [0.25, 0.3) is 0 Å². The van der Waals surface area contributed by atoms with Crippen LogP contribution in [0.2, 0.25) is 0 Å². The van der Waals surface area contributed by atoms with Gasteiger partial charge in [-0.3, -0.25) is 9.59 Å². The van der Waals surface area contributed by atoms with Gasteiger partial charge in [0.25, 0.3) is 0 Å². The zero-order chi connectivity index (χ0) is 12.7. The number of hydrogen-bond acceptors (Lipinski definition) is 4. The highest BCUT2D eigenvalue weighted by molar-refractivity contribution is 8.00. The lowest BCUT2D eigenvalue weighted by Crippen LogP contribution is -2.06. The van der Waals surface area contributed by atoms with Crippen LogP contribution >= 0.6 is 11.8 Å². The molecule has 0 saturated heterocycles. The van der Waals surface area contributed by atoms with Crippen molar-refractivity contribution in [2.45, 2.75) is 6.42 Å². The molecule has 0 atom stereocenters. The van der Waals surface area contributed by atoms with Crippen LogP contribution in [-0.4, -0.2) is 30.4 Å². The second-order valence-electron chi connectivity index (χ2n) is 3.31. The van der Waals surface area contributed by atoms with Crippen molar-refractivity contribution in [2.24, 2.45) is 0 Å². The molecule has 0 fully saturated rings. The molecule has 3 nitrogen and oxygen atoms in total. The molecule has 1 rings (SSSR count). The Morgan fingerprint density at radius 1 is 1.41 bits per heavy atom. The van der Waals surface area contributed by atoms with E-state index < -0.39 is 5.82 Å². The summed E-state index contributed by atoms with van der Waals surface area (Å²) in [6.07, 6.45) is 0.275. The van der Waals surface area contributed by atoms with E-state index in [1.165, 1.54) is 37.1 Å². The summed E-state index contributed by atoms with van der Waals surface area (Å²) < 4.78 is 17.3. The first-order chi connectivity index (χ1) is 8.13. The average molecular weight is 256 g/mol. The Hall–Kier alpha value is -1.36. The van der Waals surface area contributed by atoms with Crippen molar-refractivity contribution in [3.63, 3.8) is 0 Å². The summed E-state index contributed by atoms with van der Waals surface area (Å²) in [4.78, 5) is 22.4.